The maximum atomic E-state index is 6.84. The zero-order chi connectivity index (χ0) is 37.2. The van der Waals surface area contributed by atoms with Crippen molar-refractivity contribution in [1.29, 1.82) is 0 Å². The Morgan fingerprint density at radius 1 is 0.446 bits per heavy atom. The van der Waals surface area contributed by atoms with Crippen LogP contribution in [0.1, 0.15) is 17.4 Å². The van der Waals surface area contributed by atoms with E-state index in [9.17, 15) is 0 Å². The summed E-state index contributed by atoms with van der Waals surface area (Å²) in [6.45, 7) is 0. The van der Waals surface area contributed by atoms with Gasteiger partial charge in [0, 0.05) is 51.1 Å². The summed E-state index contributed by atoms with van der Waals surface area (Å²) in [5, 5.41) is 3.28. The van der Waals surface area contributed by atoms with Gasteiger partial charge in [-0.25, -0.2) is 9.97 Å². The highest BCUT2D eigenvalue weighted by Crippen LogP contribution is 2.53. The molecule has 0 fully saturated rings. The van der Waals surface area contributed by atoms with Gasteiger partial charge in [-0.15, -0.1) is 0 Å². The van der Waals surface area contributed by atoms with E-state index in [2.05, 4.69) is 182 Å². The summed E-state index contributed by atoms with van der Waals surface area (Å²) in [6.07, 6.45) is 0. The van der Waals surface area contributed by atoms with Gasteiger partial charge in [0.2, 0.25) is 0 Å². The third kappa shape index (κ3) is 5.22. The van der Waals surface area contributed by atoms with Gasteiger partial charge in [0.05, 0.1) is 22.4 Å². The molecule has 0 saturated carbocycles. The Morgan fingerprint density at radius 3 is 1.66 bits per heavy atom. The number of aromatic nitrogens is 2. The SMILES string of the molecule is CN1c2cccc(-c3ccc(-c4ccccc4)cc3)c2-c2c(oc3ccccc23)C1c1ccc(-c2ccc3ccc4ccc(-c5ccccc5)nc4c3n2)cc1. The largest absolute Gasteiger partial charge is 0.458 e. The van der Waals surface area contributed by atoms with Crippen molar-refractivity contribution in [2.75, 3.05) is 11.9 Å². The van der Waals surface area contributed by atoms with Crippen molar-refractivity contribution >= 4 is 38.5 Å². The summed E-state index contributed by atoms with van der Waals surface area (Å²) in [6, 6.07) is 66.3. The Hall–Kier alpha value is -7.30. The average molecular weight is 718 g/mol. The highest BCUT2D eigenvalue weighted by molar-refractivity contribution is 6.07. The molecular formula is C52H35N3O. The van der Waals surface area contributed by atoms with E-state index in [-0.39, 0.29) is 6.04 Å². The topological polar surface area (TPSA) is 42.2 Å². The minimum Gasteiger partial charge on any atom is -0.458 e. The molecule has 1 aliphatic rings. The molecule has 0 N–H and O–H groups in total. The normalized spacial score (nSPS) is 13.6. The van der Waals surface area contributed by atoms with Crippen LogP contribution in [0.3, 0.4) is 0 Å². The molecule has 0 spiro atoms. The van der Waals surface area contributed by atoms with Gasteiger partial charge in [-0.05, 0) is 52.1 Å². The van der Waals surface area contributed by atoms with Crippen LogP contribution in [0.25, 0.3) is 88.7 Å². The van der Waals surface area contributed by atoms with E-state index in [1.165, 1.54) is 33.5 Å². The van der Waals surface area contributed by atoms with Crippen molar-refractivity contribution in [3.63, 3.8) is 0 Å². The molecule has 1 unspecified atom stereocenters. The fourth-order valence-electron chi connectivity index (χ4n) is 8.55. The van der Waals surface area contributed by atoms with Crippen LogP contribution in [-0.2, 0) is 0 Å². The number of anilines is 1. The first-order chi connectivity index (χ1) is 27.7. The highest BCUT2D eigenvalue weighted by Gasteiger charge is 2.36. The minimum atomic E-state index is -0.122. The summed E-state index contributed by atoms with van der Waals surface area (Å²) in [5.41, 5.74) is 16.2. The maximum absolute atomic E-state index is 6.84. The molecule has 4 nitrogen and oxygen atoms in total. The second-order valence-electron chi connectivity index (χ2n) is 14.6. The van der Waals surface area contributed by atoms with E-state index >= 15 is 0 Å². The van der Waals surface area contributed by atoms with Crippen LogP contribution < -0.4 is 4.90 Å². The third-order valence-corrected chi connectivity index (χ3v) is 11.3. The van der Waals surface area contributed by atoms with Gasteiger partial charge in [-0.1, -0.05) is 164 Å². The molecule has 1 atom stereocenters. The first-order valence-corrected chi connectivity index (χ1v) is 19.1. The van der Waals surface area contributed by atoms with Crippen LogP contribution in [0.2, 0.25) is 0 Å². The van der Waals surface area contributed by atoms with E-state index in [0.717, 1.165) is 72.2 Å². The Balaban J connectivity index is 0.991. The first-order valence-electron chi connectivity index (χ1n) is 19.1. The van der Waals surface area contributed by atoms with Gasteiger partial charge in [-0.2, -0.15) is 0 Å². The summed E-state index contributed by atoms with van der Waals surface area (Å²) in [4.78, 5) is 12.7. The van der Waals surface area contributed by atoms with Crippen LogP contribution >= 0.6 is 0 Å². The molecule has 7 aromatic carbocycles. The maximum Gasteiger partial charge on any atom is 0.140 e. The molecule has 0 radical (unpaired) electrons. The highest BCUT2D eigenvalue weighted by atomic mass is 16.3. The zero-order valence-electron chi connectivity index (χ0n) is 30.7. The van der Waals surface area contributed by atoms with Crippen molar-refractivity contribution in [2.24, 2.45) is 0 Å². The summed E-state index contributed by atoms with van der Waals surface area (Å²) < 4.78 is 6.84. The second kappa shape index (κ2) is 12.9. The molecule has 4 heterocycles. The van der Waals surface area contributed by atoms with Crippen molar-refractivity contribution in [2.45, 2.75) is 6.04 Å². The number of hydrogen-bond donors (Lipinski definition) is 0. The quantitative estimate of drug-likeness (QED) is 0.166. The standard InChI is InChI=1S/C52H35N3O/c1-55-45-17-10-16-41(35-21-19-34(20-22-35)33-11-4-2-5-12-33)47(45)48-42-15-8-9-18-46(42)56-52(48)51(55)40-27-23-37(24-28-40)44-32-30-39-26-25-38-29-31-43(36-13-6-3-7-14-36)53-49(38)50(39)54-44/h2-32,51H,1H3. The molecule has 10 aromatic rings. The number of fused-ring (bicyclic) bond motifs is 8. The van der Waals surface area contributed by atoms with Gasteiger partial charge in [0.25, 0.3) is 0 Å². The number of nitrogens with zero attached hydrogens (tertiary/aromatic N) is 3. The van der Waals surface area contributed by atoms with Crippen molar-refractivity contribution in [3.05, 3.63) is 199 Å². The monoisotopic (exact) mass is 717 g/mol. The van der Waals surface area contributed by atoms with Crippen molar-refractivity contribution in [3.8, 4) is 55.9 Å². The van der Waals surface area contributed by atoms with Gasteiger partial charge < -0.3 is 9.32 Å². The van der Waals surface area contributed by atoms with E-state index in [4.69, 9.17) is 14.4 Å². The molecule has 1 aliphatic heterocycles. The Labute approximate surface area is 325 Å². The fraction of sp³-hybridized carbons (Fsp3) is 0.0385. The number of para-hydroxylation sites is 1. The van der Waals surface area contributed by atoms with Crippen LogP contribution in [-0.4, -0.2) is 17.0 Å². The molecule has 56 heavy (non-hydrogen) atoms. The van der Waals surface area contributed by atoms with E-state index in [1.807, 2.05) is 18.2 Å². The van der Waals surface area contributed by atoms with Gasteiger partial charge in [0.15, 0.2) is 0 Å². The molecule has 4 heteroatoms. The summed E-state index contributed by atoms with van der Waals surface area (Å²) in [7, 11) is 2.18. The third-order valence-electron chi connectivity index (χ3n) is 11.3. The predicted molar refractivity (Wildman–Crippen MR) is 231 cm³/mol. The van der Waals surface area contributed by atoms with Crippen LogP contribution in [0.4, 0.5) is 5.69 Å². The molecular weight excluding hydrogens is 683 g/mol. The number of rotatable bonds is 5. The van der Waals surface area contributed by atoms with Gasteiger partial charge in [0.1, 0.15) is 17.4 Å². The zero-order valence-corrected chi connectivity index (χ0v) is 30.7. The lowest BCUT2D eigenvalue weighted by molar-refractivity contribution is 0.514. The summed E-state index contributed by atoms with van der Waals surface area (Å²) in [5.74, 6) is 0.956. The lowest BCUT2D eigenvalue weighted by Gasteiger charge is -2.36. The second-order valence-corrected chi connectivity index (χ2v) is 14.6. The van der Waals surface area contributed by atoms with Crippen LogP contribution in [0.5, 0.6) is 0 Å². The lowest BCUT2D eigenvalue weighted by Crippen LogP contribution is -2.28. The fourth-order valence-corrected chi connectivity index (χ4v) is 8.55. The van der Waals surface area contributed by atoms with E-state index in [1.54, 1.807) is 0 Å². The van der Waals surface area contributed by atoms with Crippen molar-refractivity contribution in [1.82, 2.24) is 9.97 Å². The number of pyridine rings is 2. The molecule has 11 rings (SSSR count). The number of hydrogen-bond acceptors (Lipinski definition) is 4. The van der Waals surface area contributed by atoms with Crippen molar-refractivity contribution < 1.29 is 4.42 Å². The molecule has 0 aliphatic carbocycles. The van der Waals surface area contributed by atoms with Crippen LogP contribution in [0, 0.1) is 0 Å². The molecule has 0 bridgehead atoms. The number of furan rings is 1. The van der Waals surface area contributed by atoms with E-state index < -0.39 is 0 Å². The Bertz CT molecular complexity index is 3080. The average Bonchev–Trinajstić information content (AvgIpc) is 3.66. The Kier molecular flexibility index (Phi) is 7.42. The predicted octanol–water partition coefficient (Wildman–Crippen LogP) is 13.4. The van der Waals surface area contributed by atoms with Gasteiger partial charge in [-0.3, -0.25) is 0 Å². The summed E-state index contributed by atoms with van der Waals surface area (Å²) >= 11 is 0. The minimum absolute atomic E-state index is 0.122. The van der Waals surface area contributed by atoms with Gasteiger partial charge >= 0.3 is 0 Å². The lowest BCUT2D eigenvalue weighted by atomic mass is 9.84. The Morgan fingerprint density at radius 2 is 0.982 bits per heavy atom. The molecule has 3 aromatic heterocycles. The molecule has 264 valence electrons. The smallest absolute Gasteiger partial charge is 0.140 e. The number of benzene rings is 7. The van der Waals surface area contributed by atoms with Crippen LogP contribution in [0.15, 0.2) is 192 Å². The molecule has 0 amide bonds. The first kappa shape index (κ1) is 32.2. The molecule has 0 saturated heterocycles. The van der Waals surface area contributed by atoms with E-state index in [0.29, 0.717) is 0 Å².